The van der Waals surface area contributed by atoms with Gasteiger partial charge in [0.05, 0.1) is 12.3 Å². The topological polar surface area (TPSA) is 118 Å². The van der Waals surface area contributed by atoms with E-state index in [1.54, 1.807) is 17.7 Å². The summed E-state index contributed by atoms with van der Waals surface area (Å²) in [5.41, 5.74) is 5.54. The number of nitrogens with zero attached hydrogens (tertiary/aromatic N) is 5. The van der Waals surface area contributed by atoms with Crippen molar-refractivity contribution in [2.24, 2.45) is 7.05 Å². The van der Waals surface area contributed by atoms with Gasteiger partial charge in [0.25, 0.3) is 5.56 Å². The number of benzene rings is 1. The Morgan fingerprint density at radius 3 is 2.67 bits per heavy atom. The van der Waals surface area contributed by atoms with Crippen molar-refractivity contribution in [2.45, 2.75) is 24.7 Å². The number of aryl methyl sites for hydroxylation is 2. The number of hydrogen-bond donors (Lipinski definition) is 1. The molecule has 4 rings (SSSR count). The van der Waals surface area contributed by atoms with E-state index >= 15 is 0 Å². The van der Waals surface area contributed by atoms with Crippen molar-refractivity contribution in [3.05, 3.63) is 91.0 Å². The lowest BCUT2D eigenvalue weighted by Gasteiger charge is -2.14. The summed E-state index contributed by atoms with van der Waals surface area (Å²) in [6, 6.07) is 13.3. The molecule has 0 saturated heterocycles. The minimum atomic E-state index is -0.702. The van der Waals surface area contributed by atoms with Gasteiger partial charge in [0, 0.05) is 18.5 Å². The first kappa shape index (κ1) is 22.7. The molecule has 0 fully saturated rings. The van der Waals surface area contributed by atoms with E-state index in [9.17, 15) is 14.4 Å². The molecule has 2 N–H and O–H groups in total. The number of carbonyl (C=O) groups is 1. The molecule has 0 aliphatic carbocycles. The predicted octanol–water partition coefficient (Wildman–Crippen LogP) is 2.05. The van der Waals surface area contributed by atoms with Crippen LogP contribution in [0.15, 0.2) is 68.9 Å². The van der Waals surface area contributed by atoms with Crippen LogP contribution in [0.25, 0.3) is 0 Å². The zero-order chi connectivity index (χ0) is 23.4. The van der Waals surface area contributed by atoms with Crippen LogP contribution in [0.3, 0.4) is 0 Å². The summed E-state index contributed by atoms with van der Waals surface area (Å²) in [5, 5.41) is 10.6. The lowest BCUT2D eigenvalue weighted by atomic mass is 10.2. The second kappa shape index (κ2) is 10.0. The van der Waals surface area contributed by atoms with E-state index in [-0.39, 0.29) is 23.7 Å². The summed E-state index contributed by atoms with van der Waals surface area (Å²) in [7, 11) is 1.34. The van der Waals surface area contributed by atoms with E-state index in [1.807, 2.05) is 46.3 Å². The van der Waals surface area contributed by atoms with Crippen molar-refractivity contribution in [1.82, 2.24) is 23.9 Å². The average molecular weight is 483 g/mol. The fourth-order valence-electron chi connectivity index (χ4n) is 3.36. The van der Waals surface area contributed by atoms with Gasteiger partial charge in [-0.1, -0.05) is 48.2 Å². The molecule has 0 spiro atoms. The summed E-state index contributed by atoms with van der Waals surface area (Å²) < 4.78 is 4.04. The highest BCUT2D eigenvalue weighted by Gasteiger charge is 2.22. The van der Waals surface area contributed by atoms with Crippen LogP contribution in [-0.4, -0.2) is 35.4 Å². The van der Waals surface area contributed by atoms with E-state index in [0.29, 0.717) is 11.7 Å². The Balaban J connectivity index is 1.54. The smallest absolute Gasteiger partial charge is 0.332 e. The van der Waals surface area contributed by atoms with E-state index < -0.39 is 17.0 Å². The molecule has 33 heavy (non-hydrogen) atoms. The first-order valence-electron chi connectivity index (χ1n) is 10.1. The van der Waals surface area contributed by atoms with Crippen LogP contribution in [0.5, 0.6) is 0 Å². The Morgan fingerprint density at radius 2 is 1.94 bits per heavy atom. The molecule has 0 aliphatic heterocycles. The molecule has 4 aromatic rings. The Morgan fingerprint density at radius 1 is 1.15 bits per heavy atom. The molecule has 3 aromatic heterocycles. The first-order chi connectivity index (χ1) is 16.0. The van der Waals surface area contributed by atoms with Crippen molar-refractivity contribution in [1.29, 1.82) is 0 Å². The maximum atomic E-state index is 13.0. The third-order valence-electron chi connectivity index (χ3n) is 5.14. The summed E-state index contributed by atoms with van der Waals surface area (Å²) in [6.07, 6.45) is 2.45. The van der Waals surface area contributed by atoms with Gasteiger partial charge < -0.3 is 10.3 Å². The number of nitrogens with two attached hydrogens (primary N) is 1. The third kappa shape index (κ3) is 4.99. The van der Waals surface area contributed by atoms with Gasteiger partial charge in [0.2, 0.25) is 0 Å². The van der Waals surface area contributed by atoms with Crippen molar-refractivity contribution in [3.63, 3.8) is 0 Å². The summed E-state index contributed by atoms with van der Waals surface area (Å²) in [6.45, 7) is 0.833. The first-order valence-corrected chi connectivity index (χ1v) is 12.0. The van der Waals surface area contributed by atoms with Crippen LogP contribution in [0.4, 0.5) is 5.82 Å². The minimum Gasteiger partial charge on any atom is -0.384 e. The molecule has 11 heteroatoms. The molecule has 0 unspecified atom stereocenters. The number of hydrogen-bond acceptors (Lipinski definition) is 8. The Hall–Kier alpha value is -3.44. The van der Waals surface area contributed by atoms with E-state index in [2.05, 4.69) is 16.3 Å². The molecule has 1 aromatic carbocycles. The van der Waals surface area contributed by atoms with Crippen LogP contribution in [0, 0.1) is 0 Å². The Labute approximate surface area is 197 Å². The van der Waals surface area contributed by atoms with Gasteiger partial charge in [-0.3, -0.25) is 18.7 Å². The number of Topliss-reactive ketones (excluding diaryl/α,β-unsaturated/α-hetero) is 1. The van der Waals surface area contributed by atoms with Gasteiger partial charge in [0.15, 0.2) is 10.9 Å². The van der Waals surface area contributed by atoms with Gasteiger partial charge in [-0.2, -0.15) is 0 Å². The summed E-state index contributed by atoms with van der Waals surface area (Å²) in [4.78, 5) is 39.6. The molecule has 3 heterocycles. The quantitative estimate of drug-likeness (QED) is 0.287. The molecule has 0 radical (unpaired) electrons. The molecule has 0 amide bonds. The van der Waals surface area contributed by atoms with Gasteiger partial charge >= 0.3 is 5.69 Å². The number of rotatable bonds is 9. The van der Waals surface area contributed by atoms with Gasteiger partial charge in [-0.05, 0) is 23.4 Å². The van der Waals surface area contributed by atoms with Crippen molar-refractivity contribution in [2.75, 3.05) is 11.5 Å². The zero-order valence-corrected chi connectivity index (χ0v) is 19.5. The molecule has 0 aliphatic rings. The monoisotopic (exact) mass is 482 g/mol. The van der Waals surface area contributed by atoms with E-state index in [4.69, 9.17) is 5.73 Å². The maximum Gasteiger partial charge on any atom is 0.332 e. The number of anilines is 1. The third-order valence-corrected chi connectivity index (χ3v) is 7.05. The van der Waals surface area contributed by atoms with Crippen LogP contribution >= 0.6 is 23.1 Å². The van der Waals surface area contributed by atoms with Crippen LogP contribution < -0.4 is 17.0 Å². The number of aromatic nitrogens is 5. The molecule has 170 valence electrons. The van der Waals surface area contributed by atoms with Crippen molar-refractivity contribution >= 4 is 34.7 Å². The number of nitrogen functional groups attached to an aromatic ring is 1. The second-order valence-corrected chi connectivity index (χ2v) is 9.30. The van der Waals surface area contributed by atoms with E-state index in [1.165, 1.54) is 28.3 Å². The summed E-state index contributed by atoms with van der Waals surface area (Å²) in [5.74, 6) is -0.648. The Bertz CT molecular complexity index is 1370. The van der Waals surface area contributed by atoms with Crippen molar-refractivity contribution < 1.29 is 4.79 Å². The fourth-order valence-corrected chi connectivity index (χ4v) is 4.87. The second-order valence-electron chi connectivity index (χ2n) is 7.33. The fraction of sp³-hybridized carbons (Fsp3) is 0.227. The normalized spacial score (nSPS) is 11.1. The molecule has 9 nitrogen and oxygen atoms in total. The molecule has 0 atom stereocenters. The van der Waals surface area contributed by atoms with Crippen LogP contribution in [0.2, 0.25) is 0 Å². The standard InChI is InChI=1S/C22H22N6O3S2/c1-26-20(30)18(19(23)28(22(26)31)12-15-6-3-2-4-7-15)17(29)13-33-21-25-24-14-27(21)10-9-16-8-5-11-32-16/h2-8,11,14H,9-10,12-13,23H2,1H3. The lowest BCUT2D eigenvalue weighted by Crippen LogP contribution is -2.43. The van der Waals surface area contributed by atoms with Crippen LogP contribution in [-0.2, 0) is 26.6 Å². The molecular formula is C22H22N6O3S2. The van der Waals surface area contributed by atoms with Crippen LogP contribution in [0.1, 0.15) is 20.8 Å². The maximum absolute atomic E-state index is 13.0. The number of thioether (sulfide) groups is 1. The average Bonchev–Trinajstić information content (AvgIpc) is 3.50. The minimum absolute atomic E-state index is 0.0549. The number of carbonyl (C=O) groups excluding carboxylic acids is 1. The SMILES string of the molecule is Cn1c(=O)c(C(=O)CSc2nncn2CCc2cccs2)c(N)n(Cc2ccccc2)c1=O. The Kier molecular flexibility index (Phi) is 6.90. The van der Waals surface area contributed by atoms with Crippen molar-refractivity contribution in [3.8, 4) is 0 Å². The van der Waals surface area contributed by atoms with Gasteiger partial charge in [0.1, 0.15) is 17.7 Å². The highest BCUT2D eigenvalue weighted by molar-refractivity contribution is 7.99. The zero-order valence-electron chi connectivity index (χ0n) is 17.9. The largest absolute Gasteiger partial charge is 0.384 e. The highest BCUT2D eigenvalue weighted by Crippen LogP contribution is 2.19. The summed E-state index contributed by atoms with van der Waals surface area (Å²) >= 11 is 2.86. The number of ketones is 1. The van der Waals surface area contributed by atoms with E-state index in [0.717, 1.165) is 16.6 Å². The molecular weight excluding hydrogens is 460 g/mol. The molecule has 0 bridgehead atoms. The predicted molar refractivity (Wildman–Crippen MR) is 129 cm³/mol. The molecule has 0 saturated carbocycles. The lowest BCUT2D eigenvalue weighted by molar-refractivity contribution is 0.102. The number of thiophene rings is 1. The van der Waals surface area contributed by atoms with Gasteiger partial charge in [-0.15, -0.1) is 21.5 Å². The highest BCUT2D eigenvalue weighted by atomic mass is 32.2. The van der Waals surface area contributed by atoms with Gasteiger partial charge in [-0.25, -0.2) is 4.79 Å².